The predicted molar refractivity (Wildman–Crippen MR) is 59.1 cm³/mol. The van der Waals surface area contributed by atoms with E-state index in [1.165, 1.54) is 12.6 Å². The molecule has 92 valence electrons. The number of aromatic nitrogens is 3. The van der Waals surface area contributed by atoms with E-state index in [4.69, 9.17) is 0 Å². The number of nitrogens with one attached hydrogen (secondary N) is 2. The minimum Gasteiger partial charge on any atom is -0.342 e. The number of aromatic amines is 1. The number of hydrogen-bond acceptors (Lipinski definition) is 4. The zero-order valence-electron chi connectivity index (χ0n) is 9.48. The Morgan fingerprint density at radius 2 is 2.12 bits per heavy atom. The molecule has 1 aliphatic heterocycles. The summed E-state index contributed by atoms with van der Waals surface area (Å²) in [4.78, 5) is 25.0. The van der Waals surface area contributed by atoms with Crippen LogP contribution in [0, 0.1) is 0 Å². The molecular formula is C10H15N5O2. The maximum absolute atomic E-state index is 11.7. The third kappa shape index (κ3) is 3.02. The molecule has 7 nitrogen and oxygen atoms in total. The summed E-state index contributed by atoms with van der Waals surface area (Å²) in [6.07, 6.45) is 4.59. The first-order valence-corrected chi connectivity index (χ1v) is 5.69. The van der Waals surface area contributed by atoms with Gasteiger partial charge < -0.3 is 10.2 Å². The van der Waals surface area contributed by atoms with E-state index in [0.717, 1.165) is 25.9 Å². The summed E-state index contributed by atoms with van der Waals surface area (Å²) in [7, 11) is 0. The van der Waals surface area contributed by atoms with E-state index in [1.807, 2.05) is 0 Å². The molecule has 0 atom stereocenters. The van der Waals surface area contributed by atoms with Gasteiger partial charge in [-0.05, 0) is 19.3 Å². The number of piperidine rings is 1. The third-order valence-corrected chi connectivity index (χ3v) is 2.76. The van der Waals surface area contributed by atoms with E-state index in [0.29, 0.717) is 0 Å². The molecule has 2 heterocycles. The van der Waals surface area contributed by atoms with Gasteiger partial charge in [0.25, 0.3) is 5.91 Å². The summed E-state index contributed by atoms with van der Waals surface area (Å²) in [5.74, 6) is -0.425. The van der Waals surface area contributed by atoms with Gasteiger partial charge in [0.15, 0.2) is 5.69 Å². The standard InChI is InChI=1S/C10H15N5O2/c16-9(15-4-2-1-3-5-15)7-11-10(17)8-6-12-14-13-8/h6H,1-5,7H2,(H,11,17)(H,12,13,14). The van der Waals surface area contributed by atoms with Crippen molar-refractivity contribution in [3.63, 3.8) is 0 Å². The summed E-state index contributed by atoms with van der Waals surface area (Å²) >= 11 is 0. The van der Waals surface area contributed by atoms with Gasteiger partial charge in [-0.15, -0.1) is 0 Å². The van der Waals surface area contributed by atoms with Crippen LogP contribution in [0.5, 0.6) is 0 Å². The minimum absolute atomic E-state index is 0.0195. The second kappa shape index (κ2) is 5.42. The number of nitrogens with zero attached hydrogens (tertiary/aromatic N) is 3. The van der Waals surface area contributed by atoms with Crippen LogP contribution in [0.2, 0.25) is 0 Å². The fourth-order valence-corrected chi connectivity index (χ4v) is 1.81. The molecule has 0 aliphatic carbocycles. The second-order valence-corrected chi connectivity index (χ2v) is 3.98. The Bertz CT molecular complexity index is 383. The summed E-state index contributed by atoms with van der Waals surface area (Å²) in [5.41, 5.74) is 0.191. The number of carbonyl (C=O) groups excluding carboxylic acids is 2. The summed E-state index contributed by atoms with van der Waals surface area (Å²) in [6, 6.07) is 0. The molecule has 0 bridgehead atoms. The number of H-pyrrole nitrogens is 1. The minimum atomic E-state index is -0.385. The normalized spacial score (nSPS) is 15.6. The Labute approximate surface area is 98.6 Å². The Morgan fingerprint density at radius 1 is 1.35 bits per heavy atom. The fourth-order valence-electron chi connectivity index (χ4n) is 1.81. The van der Waals surface area contributed by atoms with Gasteiger partial charge >= 0.3 is 0 Å². The molecule has 1 aromatic rings. The molecule has 0 unspecified atom stereocenters. The molecule has 2 amide bonds. The number of rotatable bonds is 3. The summed E-state index contributed by atoms with van der Waals surface area (Å²) in [5, 5.41) is 12.0. The van der Waals surface area contributed by atoms with E-state index in [2.05, 4.69) is 20.7 Å². The fraction of sp³-hybridized carbons (Fsp3) is 0.600. The van der Waals surface area contributed by atoms with Crippen LogP contribution in [0.1, 0.15) is 29.8 Å². The smallest absolute Gasteiger partial charge is 0.273 e. The van der Waals surface area contributed by atoms with Crippen molar-refractivity contribution < 1.29 is 9.59 Å². The van der Waals surface area contributed by atoms with E-state index >= 15 is 0 Å². The van der Waals surface area contributed by atoms with Crippen LogP contribution in [0.3, 0.4) is 0 Å². The average molecular weight is 237 g/mol. The van der Waals surface area contributed by atoms with Crippen LogP contribution in [-0.4, -0.2) is 51.8 Å². The summed E-state index contributed by atoms with van der Waals surface area (Å²) in [6.45, 7) is 1.60. The lowest BCUT2D eigenvalue weighted by atomic mass is 10.1. The Kier molecular flexibility index (Phi) is 3.69. The van der Waals surface area contributed by atoms with Crippen molar-refractivity contribution in [2.75, 3.05) is 19.6 Å². The van der Waals surface area contributed by atoms with Crippen molar-refractivity contribution in [2.45, 2.75) is 19.3 Å². The van der Waals surface area contributed by atoms with E-state index in [1.54, 1.807) is 4.90 Å². The first kappa shape index (κ1) is 11.6. The first-order chi connectivity index (χ1) is 8.27. The highest BCUT2D eigenvalue weighted by atomic mass is 16.2. The Hall–Kier alpha value is -1.92. The van der Waals surface area contributed by atoms with Crippen molar-refractivity contribution in [1.29, 1.82) is 0 Å². The molecule has 0 spiro atoms. The van der Waals surface area contributed by atoms with Crippen molar-refractivity contribution in [1.82, 2.24) is 25.6 Å². The molecule has 0 aromatic carbocycles. The van der Waals surface area contributed by atoms with Crippen LogP contribution in [-0.2, 0) is 4.79 Å². The highest BCUT2D eigenvalue weighted by Crippen LogP contribution is 2.08. The zero-order valence-corrected chi connectivity index (χ0v) is 9.48. The van der Waals surface area contributed by atoms with Crippen LogP contribution in [0.25, 0.3) is 0 Å². The zero-order chi connectivity index (χ0) is 12.1. The number of carbonyl (C=O) groups is 2. The molecular weight excluding hydrogens is 222 g/mol. The largest absolute Gasteiger partial charge is 0.342 e. The number of likely N-dealkylation sites (tertiary alicyclic amines) is 1. The number of hydrogen-bond donors (Lipinski definition) is 2. The van der Waals surface area contributed by atoms with E-state index < -0.39 is 0 Å². The second-order valence-electron chi connectivity index (χ2n) is 3.98. The molecule has 1 aliphatic rings. The van der Waals surface area contributed by atoms with Crippen molar-refractivity contribution >= 4 is 11.8 Å². The number of amides is 2. The monoisotopic (exact) mass is 237 g/mol. The van der Waals surface area contributed by atoms with Gasteiger partial charge in [-0.3, -0.25) is 9.59 Å². The molecule has 1 aromatic heterocycles. The van der Waals surface area contributed by atoms with Crippen molar-refractivity contribution in [3.05, 3.63) is 11.9 Å². The highest BCUT2D eigenvalue weighted by Gasteiger charge is 2.17. The SMILES string of the molecule is O=C(NCC(=O)N1CCCCC1)c1cn[nH]n1. The molecule has 1 fully saturated rings. The third-order valence-electron chi connectivity index (χ3n) is 2.76. The van der Waals surface area contributed by atoms with Crippen molar-refractivity contribution in [3.8, 4) is 0 Å². The van der Waals surface area contributed by atoms with Gasteiger partial charge in [-0.2, -0.15) is 15.4 Å². The predicted octanol–water partition coefficient (Wildman–Crippen LogP) is -0.453. The van der Waals surface area contributed by atoms with Gasteiger partial charge in [0.2, 0.25) is 5.91 Å². The molecule has 17 heavy (non-hydrogen) atoms. The van der Waals surface area contributed by atoms with E-state index in [-0.39, 0.29) is 24.1 Å². The van der Waals surface area contributed by atoms with Crippen LogP contribution in [0.4, 0.5) is 0 Å². The molecule has 7 heteroatoms. The van der Waals surface area contributed by atoms with Crippen LogP contribution >= 0.6 is 0 Å². The maximum Gasteiger partial charge on any atom is 0.273 e. The van der Waals surface area contributed by atoms with Gasteiger partial charge in [0.1, 0.15) is 0 Å². The lowest BCUT2D eigenvalue weighted by molar-refractivity contribution is -0.130. The van der Waals surface area contributed by atoms with E-state index in [9.17, 15) is 9.59 Å². The molecule has 2 N–H and O–H groups in total. The maximum atomic E-state index is 11.7. The van der Waals surface area contributed by atoms with Crippen LogP contribution in [0.15, 0.2) is 6.20 Å². The Balaban J connectivity index is 1.77. The average Bonchev–Trinajstić information content (AvgIpc) is 2.90. The van der Waals surface area contributed by atoms with Crippen molar-refractivity contribution in [2.24, 2.45) is 0 Å². The quantitative estimate of drug-likeness (QED) is 0.744. The molecule has 1 saturated heterocycles. The lowest BCUT2D eigenvalue weighted by Crippen LogP contribution is -2.42. The lowest BCUT2D eigenvalue weighted by Gasteiger charge is -2.26. The molecule has 2 rings (SSSR count). The first-order valence-electron chi connectivity index (χ1n) is 5.69. The van der Waals surface area contributed by atoms with Crippen LogP contribution < -0.4 is 5.32 Å². The summed E-state index contributed by atoms with van der Waals surface area (Å²) < 4.78 is 0. The molecule has 0 radical (unpaired) electrons. The topological polar surface area (TPSA) is 91.0 Å². The van der Waals surface area contributed by atoms with Gasteiger partial charge in [-0.25, -0.2) is 0 Å². The van der Waals surface area contributed by atoms with Gasteiger partial charge in [0.05, 0.1) is 12.7 Å². The van der Waals surface area contributed by atoms with Gasteiger partial charge in [0, 0.05) is 13.1 Å². The highest BCUT2D eigenvalue weighted by molar-refractivity contribution is 5.94. The van der Waals surface area contributed by atoms with Gasteiger partial charge in [-0.1, -0.05) is 0 Å². The molecule has 0 saturated carbocycles. The Morgan fingerprint density at radius 3 is 2.76 bits per heavy atom.